The number of hydrogen-bond acceptors (Lipinski definition) is 5. The predicted molar refractivity (Wildman–Crippen MR) is 98.5 cm³/mol. The number of nitrogens with zero attached hydrogens (tertiary/aromatic N) is 3. The minimum absolute atomic E-state index is 0.466. The third-order valence-corrected chi connectivity index (χ3v) is 4.11. The van der Waals surface area contributed by atoms with Gasteiger partial charge in [0.05, 0.1) is 0 Å². The molecule has 1 aromatic rings. The van der Waals surface area contributed by atoms with E-state index in [1.54, 1.807) is 24.3 Å². The molecule has 0 spiro atoms. The molecule has 24 heavy (non-hydrogen) atoms. The van der Waals surface area contributed by atoms with Gasteiger partial charge in [-0.25, -0.2) is 9.80 Å². The highest BCUT2D eigenvalue weighted by Gasteiger charge is 2.12. The van der Waals surface area contributed by atoms with Crippen LogP contribution < -0.4 is 10.2 Å². The number of rotatable bonds is 10. The molecule has 0 heterocycles. The van der Waals surface area contributed by atoms with Crippen LogP contribution >= 0.6 is 11.6 Å². The van der Waals surface area contributed by atoms with Crippen molar-refractivity contribution in [2.45, 2.75) is 13.8 Å². The number of halogens is 1. The summed E-state index contributed by atoms with van der Waals surface area (Å²) in [6, 6.07) is 6.71. The average molecular weight is 357 g/mol. The van der Waals surface area contributed by atoms with E-state index in [4.69, 9.17) is 16.3 Å². The molecule has 0 saturated heterocycles. The number of carbonyl (C=O) groups excluding carboxylic acids is 1. The van der Waals surface area contributed by atoms with Crippen molar-refractivity contribution in [2.75, 3.05) is 53.4 Å². The molecule has 1 N–H and O–H groups in total. The van der Waals surface area contributed by atoms with Gasteiger partial charge in [0, 0.05) is 31.2 Å². The first-order valence-corrected chi connectivity index (χ1v) is 8.68. The molecule has 136 valence electrons. The van der Waals surface area contributed by atoms with Gasteiger partial charge in [-0.05, 0) is 51.5 Å². The summed E-state index contributed by atoms with van der Waals surface area (Å²) in [4.78, 5) is 16.5. The van der Waals surface area contributed by atoms with Gasteiger partial charge in [0.2, 0.25) is 0 Å². The highest BCUT2D eigenvalue weighted by Crippen LogP contribution is 2.15. The lowest BCUT2D eigenvalue weighted by atomic mass is 10.3. The minimum atomic E-state index is -0.490. The summed E-state index contributed by atoms with van der Waals surface area (Å²) in [6.07, 6.45) is -0.490. The van der Waals surface area contributed by atoms with E-state index >= 15 is 0 Å². The van der Waals surface area contributed by atoms with E-state index in [0.717, 1.165) is 39.3 Å². The molecule has 0 aromatic heterocycles. The van der Waals surface area contributed by atoms with Crippen LogP contribution in [0.25, 0.3) is 0 Å². The quantitative estimate of drug-likeness (QED) is 0.653. The number of ether oxygens (including phenoxy) is 1. The molecule has 0 atom stereocenters. The molecule has 0 saturated carbocycles. The highest BCUT2D eigenvalue weighted by atomic mass is 35.5. The lowest BCUT2D eigenvalue weighted by Gasteiger charge is -2.27. The Morgan fingerprint density at radius 1 is 1.00 bits per heavy atom. The van der Waals surface area contributed by atoms with Gasteiger partial charge in [-0.3, -0.25) is 5.43 Å². The first kappa shape index (κ1) is 20.7. The Morgan fingerprint density at radius 2 is 1.50 bits per heavy atom. The molecule has 0 radical (unpaired) electrons. The maximum atomic E-state index is 12.1. The van der Waals surface area contributed by atoms with E-state index in [-0.39, 0.29) is 0 Å². The van der Waals surface area contributed by atoms with E-state index in [2.05, 4.69) is 43.2 Å². The monoisotopic (exact) mass is 356 g/mol. The first-order valence-electron chi connectivity index (χ1n) is 8.30. The van der Waals surface area contributed by atoms with Gasteiger partial charge in [-0.1, -0.05) is 25.4 Å². The van der Waals surface area contributed by atoms with Crippen LogP contribution in [0.4, 0.5) is 4.79 Å². The summed E-state index contributed by atoms with van der Waals surface area (Å²) >= 11 is 5.83. The molecule has 0 fully saturated rings. The molecule has 0 aliphatic heterocycles. The van der Waals surface area contributed by atoms with E-state index in [0.29, 0.717) is 10.8 Å². The van der Waals surface area contributed by atoms with Crippen molar-refractivity contribution < 1.29 is 9.53 Å². The van der Waals surface area contributed by atoms with Crippen LogP contribution in [0.2, 0.25) is 5.02 Å². The molecule has 0 unspecified atom stereocenters. The molecule has 1 aromatic carbocycles. The summed E-state index contributed by atoms with van der Waals surface area (Å²) in [5.41, 5.74) is 2.82. The summed E-state index contributed by atoms with van der Waals surface area (Å²) < 4.78 is 5.29. The molecule has 0 aliphatic rings. The highest BCUT2D eigenvalue weighted by molar-refractivity contribution is 6.30. The van der Waals surface area contributed by atoms with Gasteiger partial charge >= 0.3 is 6.09 Å². The van der Waals surface area contributed by atoms with E-state index < -0.39 is 6.09 Å². The van der Waals surface area contributed by atoms with Gasteiger partial charge in [0.25, 0.3) is 0 Å². The van der Waals surface area contributed by atoms with Gasteiger partial charge in [-0.15, -0.1) is 0 Å². The summed E-state index contributed by atoms with van der Waals surface area (Å²) in [5.74, 6) is 0.466. The topological polar surface area (TPSA) is 48.0 Å². The van der Waals surface area contributed by atoms with E-state index in [1.807, 2.05) is 5.01 Å². The first-order chi connectivity index (χ1) is 11.4. The van der Waals surface area contributed by atoms with Crippen LogP contribution in [0.5, 0.6) is 5.75 Å². The van der Waals surface area contributed by atoms with Gasteiger partial charge in [0.1, 0.15) is 5.75 Å². The van der Waals surface area contributed by atoms with Crippen LogP contribution in [0.3, 0.4) is 0 Å². The Balaban J connectivity index is 2.53. The van der Waals surface area contributed by atoms with Gasteiger partial charge in [-0.2, -0.15) is 0 Å². The molecular weight excluding hydrogens is 328 g/mol. The van der Waals surface area contributed by atoms with Crippen molar-refractivity contribution in [3.8, 4) is 5.75 Å². The average Bonchev–Trinajstić information content (AvgIpc) is 2.58. The van der Waals surface area contributed by atoms with Gasteiger partial charge < -0.3 is 14.5 Å². The fourth-order valence-corrected chi connectivity index (χ4v) is 2.01. The zero-order chi connectivity index (χ0) is 17.9. The number of benzene rings is 1. The molecule has 7 heteroatoms. The number of likely N-dealkylation sites (N-methyl/N-ethyl adjacent to an activating group) is 2. The van der Waals surface area contributed by atoms with Crippen molar-refractivity contribution in [1.29, 1.82) is 0 Å². The Labute approximate surface area is 150 Å². The summed E-state index contributed by atoms with van der Waals surface area (Å²) in [7, 11) is 4.12. The summed E-state index contributed by atoms with van der Waals surface area (Å²) in [6.45, 7) is 9.36. The number of hydrazine groups is 1. The Bertz CT molecular complexity index is 470. The second-order valence-electron chi connectivity index (χ2n) is 5.73. The molecule has 6 nitrogen and oxygen atoms in total. The second kappa shape index (κ2) is 11.3. The van der Waals surface area contributed by atoms with E-state index in [9.17, 15) is 4.79 Å². The predicted octanol–water partition coefficient (Wildman–Crippen LogP) is 2.55. The van der Waals surface area contributed by atoms with Gasteiger partial charge in [0.15, 0.2) is 0 Å². The second-order valence-corrected chi connectivity index (χ2v) is 6.17. The third kappa shape index (κ3) is 8.49. The van der Waals surface area contributed by atoms with Crippen molar-refractivity contribution in [3.05, 3.63) is 29.3 Å². The fraction of sp³-hybridized carbons (Fsp3) is 0.588. The van der Waals surface area contributed by atoms with Crippen LogP contribution in [0.1, 0.15) is 13.8 Å². The number of carbonyl (C=O) groups is 1. The zero-order valence-corrected chi connectivity index (χ0v) is 15.8. The minimum Gasteiger partial charge on any atom is -0.409 e. The Hall–Kier alpha value is -1.34. The van der Waals surface area contributed by atoms with E-state index in [1.165, 1.54) is 0 Å². The standard InChI is InChI=1S/C17H29ClN4O2/c1-5-20(3)11-13-22(14-12-21(4)6-2)19-17(23)24-16-9-7-15(18)8-10-16/h7-10H,5-6,11-14H2,1-4H3,(H,19,23). The number of nitrogens with one attached hydrogen (secondary N) is 1. The molecule has 0 aliphatic carbocycles. The van der Waals surface area contributed by atoms with Crippen molar-refractivity contribution in [2.24, 2.45) is 0 Å². The fourth-order valence-electron chi connectivity index (χ4n) is 1.88. The van der Waals surface area contributed by atoms with Crippen LogP contribution in [0, 0.1) is 0 Å². The normalized spacial score (nSPS) is 11.3. The SMILES string of the molecule is CCN(C)CCN(CCN(C)CC)NC(=O)Oc1ccc(Cl)cc1. The molecule has 1 rings (SSSR count). The Kier molecular flexibility index (Phi) is 9.71. The Morgan fingerprint density at radius 3 is 1.96 bits per heavy atom. The number of amides is 1. The largest absolute Gasteiger partial charge is 0.427 e. The molecule has 1 amide bonds. The van der Waals surface area contributed by atoms with Crippen LogP contribution in [0.15, 0.2) is 24.3 Å². The van der Waals surface area contributed by atoms with Crippen molar-refractivity contribution >= 4 is 17.7 Å². The van der Waals surface area contributed by atoms with Crippen molar-refractivity contribution in [3.63, 3.8) is 0 Å². The smallest absolute Gasteiger partial charge is 0.409 e. The van der Waals surface area contributed by atoms with Crippen LogP contribution in [-0.4, -0.2) is 74.3 Å². The maximum Gasteiger partial charge on any atom is 0.427 e. The van der Waals surface area contributed by atoms with Crippen molar-refractivity contribution in [1.82, 2.24) is 20.2 Å². The zero-order valence-electron chi connectivity index (χ0n) is 15.1. The third-order valence-electron chi connectivity index (χ3n) is 3.86. The number of hydrogen-bond donors (Lipinski definition) is 1. The van der Waals surface area contributed by atoms with Crippen LogP contribution in [-0.2, 0) is 0 Å². The lowest BCUT2D eigenvalue weighted by molar-refractivity contribution is 0.126. The lowest BCUT2D eigenvalue weighted by Crippen LogP contribution is -2.49. The maximum absolute atomic E-state index is 12.1. The molecule has 0 bridgehead atoms. The molecular formula is C17H29ClN4O2. The summed E-state index contributed by atoms with van der Waals surface area (Å²) in [5, 5.41) is 2.51.